The molecule has 0 aliphatic carbocycles. The van der Waals surface area contributed by atoms with Crippen molar-refractivity contribution >= 4 is 28.9 Å². The number of carbonyl (C=O) groups excluding carboxylic acids is 1. The third kappa shape index (κ3) is 3.39. The topological polar surface area (TPSA) is 75.3 Å². The average molecular weight is 277 g/mol. The third-order valence-electron chi connectivity index (χ3n) is 2.63. The molecule has 0 fully saturated rings. The molecule has 0 atom stereocenters. The maximum atomic E-state index is 11.9. The monoisotopic (exact) mass is 276 g/mol. The van der Waals surface area contributed by atoms with Crippen LogP contribution in [0.1, 0.15) is 5.56 Å². The molecule has 4 nitrogen and oxygen atoms in total. The maximum Gasteiger partial charge on any atom is 0.228 e. The summed E-state index contributed by atoms with van der Waals surface area (Å²) in [5.74, 6) is -0.167. The van der Waals surface area contributed by atoms with Crippen molar-refractivity contribution in [2.45, 2.75) is 6.42 Å². The molecule has 0 aliphatic heterocycles. The van der Waals surface area contributed by atoms with Crippen LogP contribution >= 0.6 is 11.6 Å². The van der Waals surface area contributed by atoms with Crippen LogP contribution in [0.5, 0.6) is 5.75 Å². The second kappa shape index (κ2) is 5.63. The lowest BCUT2D eigenvalue weighted by molar-refractivity contribution is -0.115. The van der Waals surface area contributed by atoms with Crippen molar-refractivity contribution in [1.29, 1.82) is 0 Å². The Labute approximate surface area is 115 Å². The Kier molecular flexibility index (Phi) is 3.92. The zero-order valence-corrected chi connectivity index (χ0v) is 10.8. The van der Waals surface area contributed by atoms with E-state index in [-0.39, 0.29) is 18.1 Å². The molecule has 0 saturated carbocycles. The molecular formula is C14H13ClN2O2. The summed E-state index contributed by atoms with van der Waals surface area (Å²) in [6.45, 7) is 0. The predicted molar refractivity (Wildman–Crippen MR) is 76.3 cm³/mol. The highest BCUT2D eigenvalue weighted by molar-refractivity contribution is 6.33. The first-order chi connectivity index (χ1) is 9.06. The number of nitrogens with two attached hydrogens (primary N) is 1. The molecule has 2 rings (SSSR count). The first-order valence-corrected chi connectivity index (χ1v) is 6.06. The van der Waals surface area contributed by atoms with Gasteiger partial charge in [-0.2, -0.15) is 0 Å². The van der Waals surface area contributed by atoms with E-state index in [0.29, 0.717) is 22.0 Å². The van der Waals surface area contributed by atoms with Gasteiger partial charge in [-0.1, -0.05) is 23.7 Å². The van der Waals surface area contributed by atoms with Crippen molar-refractivity contribution < 1.29 is 9.90 Å². The number of para-hydroxylation sites is 1. The van der Waals surface area contributed by atoms with Crippen molar-refractivity contribution in [3.05, 3.63) is 53.1 Å². The van der Waals surface area contributed by atoms with E-state index in [1.54, 1.807) is 30.3 Å². The smallest absolute Gasteiger partial charge is 0.228 e. The number of aromatic hydroxyl groups is 1. The Morgan fingerprint density at radius 3 is 2.74 bits per heavy atom. The number of benzene rings is 2. The van der Waals surface area contributed by atoms with E-state index >= 15 is 0 Å². The molecule has 98 valence electrons. The van der Waals surface area contributed by atoms with Gasteiger partial charge in [0.2, 0.25) is 5.91 Å². The molecule has 0 heterocycles. The lowest BCUT2D eigenvalue weighted by atomic mass is 10.1. The molecule has 0 saturated heterocycles. The summed E-state index contributed by atoms with van der Waals surface area (Å²) in [7, 11) is 0. The van der Waals surface area contributed by atoms with Crippen LogP contribution in [0.3, 0.4) is 0 Å². The fourth-order valence-corrected chi connectivity index (χ4v) is 1.86. The van der Waals surface area contributed by atoms with E-state index in [0.717, 1.165) is 0 Å². The van der Waals surface area contributed by atoms with Gasteiger partial charge in [0, 0.05) is 5.69 Å². The molecule has 1 amide bonds. The van der Waals surface area contributed by atoms with Crippen molar-refractivity contribution in [3.8, 4) is 5.75 Å². The molecule has 2 aromatic rings. The van der Waals surface area contributed by atoms with Crippen LogP contribution in [-0.2, 0) is 11.2 Å². The molecule has 0 aliphatic rings. The van der Waals surface area contributed by atoms with Gasteiger partial charge in [0.15, 0.2) is 0 Å². The van der Waals surface area contributed by atoms with E-state index in [4.69, 9.17) is 17.3 Å². The predicted octanol–water partition coefficient (Wildman–Crippen LogP) is 2.81. The highest BCUT2D eigenvalue weighted by atomic mass is 35.5. The lowest BCUT2D eigenvalue weighted by Crippen LogP contribution is -2.15. The Morgan fingerprint density at radius 1 is 1.26 bits per heavy atom. The van der Waals surface area contributed by atoms with Crippen LogP contribution in [0.4, 0.5) is 11.4 Å². The van der Waals surface area contributed by atoms with Crippen molar-refractivity contribution in [1.82, 2.24) is 0 Å². The molecule has 5 heteroatoms. The van der Waals surface area contributed by atoms with E-state index in [1.807, 2.05) is 0 Å². The van der Waals surface area contributed by atoms with E-state index in [9.17, 15) is 9.90 Å². The van der Waals surface area contributed by atoms with Gasteiger partial charge in [-0.25, -0.2) is 0 Å². The second-order valence-corrected chi connectivity index (χ2v) is 4.50. The summed E-state index contributed by atoms with van der Waals surface area (Å²) in [4.78, 5) is 11.9. The largest absolute Gasteiger partial charge is 0.508 e. The molecular weight excluding hydrogens is 264 g/mol. The van der Waals surface area contributed by atoms with Gasteiger partial charge >= 0.3 is 0 Å². The Bertz CT molecular complexity index is 614. The first-order valence-electron chi connectivity index (χ1n) is 5.68. The second-order valence-electron chi connectivity index (χ2n) is 4.09. The van der Waals surface area contributed by atoms with Crippen LogP contribution in [0, 0.1) is 0 Å². The number of nitrogen functional groups attached to an aromatic ring is 1. The van der Waals surface area contributed by atoms with Crippen molar-refractivity contribution in [2.24, 2.45) is 0 Å². The normalized spacial score (nSPS) is 10.2. The number of phenolic OH excluding ortho intramolecular Hbond substituents is 1. The zero-order valence-electron chi connectivity index (χ0n) is 10.1. The maximum absolute atomic E-state index is 11.9. The molecule has 0 spiro atoms. The molecule has 4 N–H and O–H groups in total. The molecule has 2 aromatic carbocycles. The molecule has 0 bridgehead atoms. The summed E-state index contributed by atoms with van der Waals surface area (Å²) in [6, 6.07) is 11.5. The molecule has 19 heavy (non-hydrogen) atoms. The minimum atomic E-state index is -0.245. The van der Waals surface area contributed by atoms with Gasteiger partial charge in [0.25, 0.3) is 0 Å². The van der Waals surface area contributed by atoms with Crippen LogP contribution in [0.25, 0.3) is 0 Å². The summed E-state index contributed by atoms with van der Waals surface area (Å²) >= 11 is 5.95. The highest BCUT2D eigenvalue weighted by Crippen LogP contribution is 2.22. The van der Waals surface area contributed by atoms with E-state index in [2.05, 4.69) is 5.32 Å². The molecule has 0 aromatic heterocycles. The van der Waals surface area contributed by atoms with Gasteiger partial charge < -0.3 is 16.2 Å². The lowest BCUT2D eigenvalue weighted by Gasteiger charge is -2.08. The number of amides is 1. The number of anilines is 2. The minimum absolute atomic E-state index is 0.0749. The van der Waals surface area contributed by atoms with Gasteiger partial charge in [-0.15, -0.1) is 0 Å². The van der Waals surface area contributed by atoms with Crippen molar-refractivity contribution in [2.75, 3.05) is 11.1 Å². The average Bonchev–Trinajstić information content (AvgIpc) is 2.37. The molecule has 0 radical (unpaired) electrons. The van der Waals surface area contributed by atoms with Crippen LogP contribution in [0.2, 0.25) is 5.02 Å². The number of hydrogen-bond acceptors (Lipinski definition) is 3. The standard InChI is InChI=1S/C14H13ClN2O2/c15-11-3-1-2-4-13(11)17-14(19)8-9-7-10(18)5-6-12(9)16/h1-7,18H,8,16H2,(H,17,19). The van der Waals surface area contributed by atoms with Gasteiger partial charge in [-0.05, 0) is 35.9 Å². The van der Waals surface area contributed by atoms with E-state index < -0.39 is 0 Å². The van der Waals surface area contributed by atoms with Gasteiger partial charge in [-0.3, -0.25) is 4.79 Å². The van der Waals surface area contributed by atoms with E-state index in [1.165, 1.54) is 12.1 Å². The zero-order chi connectivity index (χ0) is 13.8. The van der Waals surface area contributed by atoms with Gasteiger partial charge in [0.05, 0.1) is 17.1 Å². The Morgan fingerprint density at radius 2 is 2.00 bits per heavy atom. The number of phenols is 1. The van der Waals surface area contributed by atoms with Gasteiger partial charge in [0.1, 0.15) is 5.75 Å². The number of rotatable bonds is 3. The number of nitrogens with one attached hydrogen (secondary N) is 1. The van der Waals surface area contributed by atoms with Crippen LogP contribution in [0.15, 0.2) is 42.5 Å². The van der Waals surface area contributed by atoms with Crippen LogP contribution in [-0.4, -0.2) is 11.0 Å². The first kappa shape index (κ1) is 13.2. The number of carbonyl (C=O) groups is 1. The number of halogens is 1. The SMILES string of the molecule is Nc1ccc(O)cc1CC(=O)Nc1ccccc1Cl. The summed E-state index contributed by atoms with van der Waals surface area (Å²) < 4.78 is 0. The number of hydrogen-bond donors (Lipinski definition) is 3. The quantitative estimate of drug-likeness (QED) is 0.596. The van der Waals surface area contributed by atoms with Crippen LogP contribution < -0.4 is 11.1 Å². The summed E-state index contributed by atoms with van der Waals surface area (Å²) in [5, 5.41) is 12.5. The van der Waals surface area contributed by atoms with Crippen molar-refractivity contribution in [3.63, 3.8) is 0 Å². The summed E-state index contributed by atoms with van der Waals surface area (Å²) in [5.41, 5.74) is 7.33. The third-order valence-corrected chi connectivity index (χ3v) is 2.96. The Balaban J connectivity index is 2.10. The fraction of sp³-hybridized carbons (Fsp3) is 0.0714. The summed E-state index contributed by atoms with van der Waals surface area (Å²) in [6.07, 6.45) is 0.0749. The fourth-order valence-electron chi connectivity index (χ4n) is 1.68. The Hall–Kier alpha value is -2.20. The highest BCUT2D eigenvalue weighted by Gasteiger charge is 2.09. The minimum Gasteiger partial charge on any atom is -0.508 e. The molecule has 0 unspecified atom stereocenters.